The maximum Gasteiger partial charge on any atom is 0.327 e. The molecule has 192 valence electrons. The van der Waals surface area contributed by atoms with Crippen LogP contribution in [0.5, 0.6) is 0 Å². The Kier molecular flexibility index (Phi) is 7.11. The standard InChI is InChI=1S/C31H28N2O4S/c1-19-10-14-22(15-11-19)29(34)26-25(24-9-6-18-38-24)28(30(35)36)33(27(26)21-7-4-3-5-8-21)31(37)32-23-16-12-20(2)13-17-23/h3-18,25-28H,1-2H3,(H,32,37)(H,35,36). The number of carbonyl (C=O) groups excluding carboxylic acids is 2. The van der Waals surface area contributed by atoms with Crippen molar-refractivity contribution in [1.29, 1.82) is 0 Å². The third-order valence-electron chi connectivity index (χ3n) is 7.11. The predicted octanol–water partition coefficient (Wildman–Crippen LogP) is 6.69. The van der Waals surface area contributed by atoms with Gasteiger partial charge < -0.3 is 15.3 Å². The van der Waals surface area contributed by atoms with Crippen molar-refractivity contribution in [2.45, 2.75) is 31.8 Å². The number of amides is 2. The first kappa shape index (κ1) is 25.4. The molecular weight excluding hydrogens is 496 g/mol. The number of nitrogens with zero attached hydrogens (tertiary/aromatic N) is 1. The summed E-state index contributed by atoms with van der Waals surface area (Å²) in [7, 11) is 0. The molecule has 4 aromatic rings. The van der Waals surface area contributed by atoms with Crippen LogP contribution in [0.15, 0.2) is 96.4 Å². The lowest BCUT2D eigenvalue weighted by Gasteiger charge is -2.30. The van der Waals surface area contributed by atoms with Gasteiger partial charge in [0.25, 0.3) is 0 Å². The van der Waals surface area contributed by atoms with Gasteiger partial charge in [0.05, 0.1) is 12.0 Å². The van der Waals surface area contributed by atoms with Crippen LogP contribution in [0.2, 0.25) is 0 Å². The topological polar surface area (TPSA) is 86.7 Å². The molecule has 2 heterocycles. The second kappa shape index (κ2) is 10.6. The Hall–Kier alpha value is -4.23. The Labute approximate surface area is 225 Å². The third-order valence-corrected chi connectivity index (χ3v) is 8.08. The van der Waals surface area contributed by atoms with Crippen molar-refractivity contribution >= 4 is 34.8 Å². The van der Waals surface area contributed by atoms with Gasteiger partial charge in [-0.2, -0.15) is 0 Å². The van der Waals surface area contributed by atoms with Crippen LogP contribution >= 0.6 is 11.3 Å². The van der Waals surface area contributed by atoms with Gasteiger partial charge in [0.1, 0.15) is 6.04 Å². The van der Waals surface area contributed by atoms with Crippen LogP contribution in [-0.2, 0) is 4.79 Å². The molecule has 3 aromatic carbocycles. The number of anilines is 1. The molecule has 2 amide bonds. The fraction of sp³-hybridized carbons (Fsp3) is 0.194. The van der Waals surface area contributed by atoms with E-state index in [1.54, 1.807) is 24.3 Å². The van der Waals surface area contributed by atoms with Crippen molar-refractivity contribution in [2.75, 3.05) is 5.32 Å². The summed E-state index contributed by atoms with van der Waals surface area (Å²) in [6, 6.07) is 24.9. The summed E-state index contributed by atoms with van der Waals surface area (Å²) in [5, 5.41) is 15.3. The first-order valence-corrected chi connectivity index (χ1v) is 13.3. The zero-order chi connectivity index (χ0) is 26.8. The second-order valence-corrected chi connectivity index (χ2v) is 10.6. The molecule has 1 saturated heterocycles. The maximum atomic E-state index is 14.2. The number of aliphatic carboxylic acids is 1. The first-order valence-electron chi connectivity index (χ1n) is 12.4. The number of nitrogens with one attached hydrogen (secondary N) is 1. The quantitative estimate of drug-likeness (QED) is 0.275. The highest BCUT2D eigenvalue weighted by atomic mass is 32.1. The Morgan fingerprint density at radius 3 is 2.03 bits per heavy atom. The van der Waals surface area contributed by atoms with Crippen LogP contribution in [-0.4, -0.2) is 33.8 Å². The summed E-state index contributed by atoms with van der Waals surface area (Å²) < 4.78 is 0. The van der Waals surface area contributed by atoms with E-state index in [2.05, 4.69) is 5.32 Å². The van der Waals surface area contributed by atoms with E-state index in [1.807, 2.05) is 86.0 Å². The molecule has 0 bridgehead atoms. The molecule has 1 aromatic heterocycles. The molecule has 0 spiro atoms. The van der Waals surface area contributed by atoms with E-state index in [1.165, 1.54) is 16.2 Å². The molecule has 38 heavy (non-hydrogen) atoms. The summed E-state index contributed by atoms with van der Waals surface area (Å²) in [6.45, 7) is 3.90. The number of thiophene rings is 1. The summed E-state index contributed by atoms with van der Waals surface area (Å²) in [6.07, 6.45) is 0. The van der Waals surface area contributed by atoms with Gasteiger partial charge in [0, 0.05) is 22.0 Å². The van der Waals surface area contributed by atoms with Gasteiger partial charge in [-0.05, 0) is 43.0 Å². The van der Waals surface area contributed by atoms with Crippen LogP contribution in [0.3, 0.4) is 0 Å². The van der Waals surface area contributed by atoms with Gasteiger partial charge >= 0.3 is 12.0 Å². The zero-order valence-electron chi connectivity index (χ0n) is 21.1. The number of ketones is 1. The molecule has 2 N–H and O–H groups in total. The number of carbonyl (C=O) groups is 3. The van der Waals surface area contributed by atoms with Crippen LogP contribution in [0.1, 0.15) is 43.9 Å². The second-order valence-electron chi connectivity index (χ2n) is 9.64. The van der Waals surface area contributed by atoms with E-state index < -0.39 is 35.9 Å². The molecule has 0 radical (unpaired) electrons. The Morgan fingerprint density at radius 1 is 0.816 bits per heavy atom. The minimum Gasteiger partial charge on any atom is -0.480 e. The number of urea groups is 1. The molecule has 1 fully saturated rings. The number of carboxylic acid groups (broad SMARTS) is 1. The number of hydrogen-bond donors (Lipinski definition) is 2. The van der Waals surface area contributed by atoms with Gasteiger partial charge in [0.15, 0.2) is 5.78 Å². The van der Waals surface area contributed by atoms with Crippen molar-refractivity contribution < 1.29 is 19.5 Å². The Morgan fingerprint density at radius 2 is 1.45 bits per heavy atom. The van der Waals surface area contributed by atoms with Gasteiger partial charge in [-0.1, -0.05) is 83.9 Å². The van der Waals surface area contributed by atoms with E-state index in [-0.39, 0.29) is 5.78 Å². The highest BCUT2D eigenvalue weighted by Gasteiger charge is 2.58. The first-order chi connectivity index (χ1) is 18.3. The van der Waals surface area contributed by atoms with Crippen LogP contribution in [0.4, 0.5) is 10.5 Å². The molecule has 1 aliphatic heterocycles. The van der Waals surface area contributed by atoms with Crippen molar-refractivity contribution in [3.05, 3.63) is 124 Å². The lowest BCUT2D eigenvalue weighted by molar-refractivity contribution is -0.142. The normalized spacial score (nSPS) is 20.7. The molecule has 0 saturated carbocycles. The predicted molar refractivity (Wildman–Crippen MR) is 149 cm³/mol. The van der Waals surface area contributed by atoms with Crippen molar-refractivity contribution in [1.82, 2.24) is 4.90 Å². The van der Waals surface area contributed by atoms with E-state index in [4.69, 9.17) is 0 Å². The number of likely N-dealkylation sites (tertiary alicyclic amines) is 1. The highest BCUT2D eigenvalue weighted by molar-refractivity contribution is 7.10. The number of Topliss-reactive ketones (excluding diaryl/α,β-unsaturated/α-hetero) is 1. The zero-order valence-corrected chi connectivity index (χ0v) is 21.9. The van der Waals surface area contributed by atoms with E-state index >= 15 is 0 Å². The van der Waals surface area contributed by atoms with Crippen molar-refractivity contribution in [3.63, 3.8) is 0 Å². The summed E-state index contributed by atoms with van der Waals surface area (Å²) >= 11 is 1.40. The molecule has 6 nitrogen and oxygen atoms in total. The SMILES string of the molecule is Cc1ccc(NC(=O)N2C(C(=O)O)C(c3cccs3)C(C(=O)c3ccc(C)cc3)C2c2ccccc2)cc1. The molecule has 4 atom stereocenters. The number of hydrogen-bond acceptors (Lipinski definition) is 4. The average molecular weight is 525 g/mol. The number of rotatable bonds is 6. The number of benzene rings is 3. The Bertz CT molecular complexity index is 1430. The molecule has 1 aliphatic rings. The fourth-order valence-electron chi connectivity index (χ4n) is 5.31. The number of carboxylic acids is 1. The largest absolute Gasteiger partial charge is 0.480 e. The third kappa shape index (κ3) is 4.85. The monoisotopic (exact) mass is 524 g/mol. The van der Waals surface area contributed by atoms with E-state index in [9.17, 15) is 19.5 Å². The lowest BCUT2D eigenvalue weighted by atomic mass is 9.78. The summed E-state index contributed by atoms with van der Waals surface area (Å²) in [5.41, 5.74) is 3.81. The average Bonchev–Trinajstić information content (AvgIpc) is 3.57. The molecule has 7 heteroatoms. The van der Waals surface area contributed by atoms with Gasteiger partial charge in [-0.15, -0.1) is 11.3 Å². The minimum atomic E-state index is -1.25. The molecule has 0 aliphatic carbocycles. The Balaban J connectivity index is 1.67. The fourth-order valence-corrected chi connectivity index (χ4v) is 6.21. The van der Waals surface area contributed by atoms with Gasteiger partial charge in [-0.25, -0.2) is 9.59 Å². The smallest absolute Gasteiger partial charge is 0.327 e. The van der Waals surface area contributed by atoms with Gasteiger partial charge in [0.2, 0.25) is 0 Å². The summed E-state index contributed by atoms with van der Waals surface area (Å²) in [4.78, 5) is 43.2. The van der Waals surface area contributed by atoms with Crippen LogP contribution < -0.4 is 5.32 Å². The molecule has 5 rings (SSSR count). The molecule has 4 unspecified atom stereocenters. The van der Waals surface area contributed by atoms with E-state index in [0.717, 1.165) is 16.0 Å². The van der Waals surface area contributed by atoms with Crippen LogP contribution in [0, 0.1) is 19.8 Å². The van der Waals surface area contributed by atoms with Crippen molar-refractivity contribution in [3.8, 4) is 0 Å². The summed E-state index contributed by atoms with van der Waals surface area (Å²) in [5.74, 6) is -2.87. The molecular formula is C31H28N2O4S. The highest BCUT2D eigenvalue weighted by Crippen LogP contribution is 2.52. The van der Waals surface area contributed by atoms with E-state index in [0.29, 0.717) is 16.8 Å². The minimum absolute atomic E-state index is 0.186. The van der Waals surface area contributed by atoms with Crippen molar-refractivity contribution in [2.24, 2.45) is 5.92 Å². The van der Waals surface area contributed by atoms with Gasteiger partial charge in [-0.3, -0.25) is 4.79 Å². The van der Waals surface area contributed by atoms with Crippen LogP contribution in [0.25, 0.3) is 0 Å². The lowest BCUT2D eigenvalue weighted by Crippen LogP contribution is -2.45. The number of aryl methyl sites for hydroxylation is 2. The maximum absolute atomic E-state index is 14.2.